The van der Waals surface area contributed by atoms with E-state index in [1.807, 2.05) is 0 Å². The number of nitrogens with one attached hydrogen (secondary N) is 2. The van der Waals surface area contributed by atoms with Gasteiger partial charge < -0.3 is 20.1 Å². The van der Waals surface area contributed by atoms with E-state index in [-0.39, 0.29) is 24.0 Å². The zero-order valence-electron chi connectivity index (χ0n) is 10.4. The molecule has 0 aromatic heterocycles. The number of carbonyl (C=O) groups is 2. The molecule has 18 heavy (non-hydrogen) atoms. The van der Waals surface area contributed by atoms with Crippen LogP contribution < -0.4 is 10.6 Å². The van der Waals surface area contributed by atoms with E-state index in [0.717, 1.165) is 25.7 Å². The molecule has 2 saturated heterocycles. The highest BCUT2D eigenvalue weighted by Gasteiger charge is 2.24. The Kier molecular flexibility index (Phi) is 4.95. The maximum atomic E-state index is 11.6. The first kappa shape index (κ1) is 13.3. The van der Waals surface area contributed by atoms with Gasteiger partial charge in [-0.3, -0.25) is 9.59 Å². The second-order valence-electron chi connectivity index (χ2n) is 4.59. The number of hydrogen-bond donors (Lipinski definition) is 2. The summed E-state index contributed by atoms with van der Waals surface area (Å²) >= 11 is 0. The second-order valence-corrected chi connectivity index (χ2v) is 4.59. The number of rotatable bonds is 5. The highest BCUT2D eigenvalue weighted by atomic mass is 16.5. The molecule has 2 fully saturated rings. The third-order valence-corrected chi connectivity index (χ3v) is 3.17. The van der Waals surface area contributed by atoms with Gasteiger partial charge >= 0.3 is 0 Å². The van der Waals surface area contributed by atoms with E-state index in [2.05, 4.69) is 10.6 Å². The standard InChI is InChI=1S/C12H20N2O4/c15-11(9-3-1-7-17-9)13-5-6-14-12(16)10-4-2-8-18-10/h9-10H,1-8H2,(H,13,15)(H,14,16)/t9-,10+. The number of amides is 2. The monoisotopic (exact) mass is 256 g/mol. The third kappa shape index (κ3) is 3.68. The van der Waals surface area contributed by atoms with Crippen LogP contribution in [0.5, 0.6) is 0 Å². The summed E-state index contributed by atoms with van der Waals surface area (Å²) in [6, 6.07) is 0. The summed E-state index contributed by atoms with van der Waals surface area (Å²) in [5.41, 5.74) is 0. The molecule has 0 spiro atoms. The molecule has 0 bridgehead atoms. The fourth-order valence-electron chi connectivity index (χ4n) is 2.17. The quantitative estimate of drug-likeness (QED) is 0.655. The summed E-state index contributed by atoms with van der Waals surface area (Å²) in [5, 5.41) is 5.50. The van der Waals surface area contributed by atoms with Gasteiger partial charge in [0.2, 0.25) is 11.8 Å². The van der Waals surface area contributed by atoms with Gasteiger partial charge in [0.1, 0.15) is 12.2 Å². The SMILES string of the molecule is O=C(NCCNC(=O)[C@H]1CCCO1)[C@@H]1CCCO1. The molecule has 0 unspecified atom stereocenters. The topological polar surface area (TPSA) is 76.7 Å². The summed E-state index contributed by atoms with van der Waals surface area (Å²) in [6.45, 7) is 2.18. The van der Waals surface area contributed by atoms with Crippen LogP contribution in [0.4, 0.5) is 0 Å². The van der Waals surface area contributed by atoms with E-state index in [4.69, 9.17) is 9.47 Å². The van der Waals surface area contributed by atoms with Crippen LogP contribution in [0.25, 0.3) is 0 Å². The minimum atomic E-state index is -0.307. The number of ether oxygens (including phenoxy) is 2. The molecule has 2 N–H and O–H groups in total. The normalized spacial score (nSPS) is 27.1. The van der Waals surface area contributed by atoms with Gasteiger partial charge in [-0.15, -0.1) is 0 Å². The lowest BCUT2D eigenvalue weighted by Crippen LogP contribution is -2.41. The van der Waals surface area contributed by atoms with Gasteiger partial charge in [0.05, 0.1) is 0 Å². The summed E-state index contributed by atoms with van der Waals surface area (Å²) in [4.78, 5) is 23.1. The molecular weight excluding hydrogens is 236 g/mol. The first-order chi connectivity index (χ1) is 8.77. The van der Waals surface area contributed by atoms with Gasteiger partial charge in [-0.05, 0) is 25.7 Å². The zero-order chi connectivity index (χ0) is 12.8. The van der Waals surface area contributed by atoms with Crippen LogP contribution in [0.2, 0.25) is 0 Å². The predicted octanol–water partition coefficient (Wildman–Crippen LogP) is -0.423. The highest BCUT2D eigenvalue weighted by molar-refractivity contribution is 5.82. The molecule has 6 nitrogen and oxygen atoms in total. The van der Waals surface area contributed by atoms with E-state index in [1.165, 1.54) is 0 Å². The largest absolute Gasteiger partial charge is 0.368 e. The molecule has 2 rings (SSSR count). The molecule has 2 aliphatic heterocycles. The van der Waals surface area contributed by atoms with Crippen molar-refractivity contribution < 1.29 is 19.1 Å². The van der Waals surface area contributed by atoms with Crippen LogP contribution >= 0.6 is 0 Å². The van der Waals surface area contributed by atoms with Gasteiger partial charge in [0, 0.05) is 26.3 Å². The van der Waals surface area contributed by atoms with E-state index in [1.54, 1.807) is 0 Å². The molecule has 0 saturated carbocycles. The maximum Gasteiger partial charge on any atom is 0.249 e. The molecule has 2 amide bonds. The van der Waals surface area contributed by atoms with Gasteiger partial charge in [-0.1, -0.05) is 0 Å². The van der Waals surface area contributed by atoms with Crippen LogP contribution in [0, 0.1) is 0 Å². The minimum absolute atomic E-state index is 0.0844. The van der Waals surface area contributed by atoms with Gasteiger partial charge in [-0.25, -0.2) is 0 Å². The summed E-state index contributed by atoms with van der Waals surface area (Å²) in [5.74, 6) is -0.169. The fraction of sp³-hybridized carbons (Fsp3) is 0.833. The predicted molar refractivity (Wildman–Crippen MR) is 64.0 cm³/mol. The molecular formula is C12H20N2O4. The van der Waals surface area contributed by atoms with E-state index in [9.17, 15) is 9.59 Å². The van der Waals surface area contributed by atoms with Crippen molar-refractivity contribution in [1.82, 2.24) is 10.6 Å². The van der Waals surface area contributed by atoms with Crippen molar-refractivity contribution in [2.45, 2.75) is 37.9 Å². The molecule has 0 aromatic carbocycles. The summed E-state index contributed by atoms with van der Waals surface area (Å²) in [7, 11) is 0. The van der Waals surface area contributed by atoms with Crippen molar-refractivity contribution in [1.29, 1.82) is 0 Å². The summed E-state index contributed by atoms with van der Waals surface area (Å²) in [6.07, 6.45) is 2.84. The Labute approximate surface area is 106 Å². The van der Waals surface area contributed by atoms with Gasteiger partial charge in [0.25, 0.3) is 0 Å². The average Bonchev–Trinajstić information content (AvgIpc) is 3.05. The molecule has 0 aromatic rings. The third-order valence-electron chi connectivity index (χ3n) is 3.17. The lowest BCUT2D eigenvalue weighted by molar-refractivity contribution is -0.131. The van der Waals surface area contributed by atoms with Crippen molar-refractivity contribution >= 4 is 11.8 Å². The first-order valence-electron chi connectivity index (χ1n) is 6.56. The smallest absolute Gasteiger partial charge is 0.249 e. The molecule has 2 aliphatic rings. The van der Waals surface area contributed by atoms with Crippen molar-refractivity contribution in [3.05, 3.63) is 0 Å². The molecule has 6 heteroatoms. The summed E-state index contributed by atoms with van der Waals surface area (Å²) < 4.78 is 10.5. The molecule has 2 heterocycles. The van der Waals surface area contributed by atoms with Gasteiger partial charge in [-0.2, -0.15) is 0 Å². The van der Waals surface area contributed by atoms with Crippen molar-refractivity contribution in [3.63, 3.8) is 0 Å². The number of carbonyl (C=O) groups excluding carboxylic acids is 2. The van der Waals surface area contributed by atoms with Crippen molar-refractivity contribution in [2.24, 2.45) is 0 Å². The van der Waals surface area contributed by atoms with Crippen LogP contribution in [0.1, 0.15) is 25.7 Å². The van der Waals surface area contributed by atoms with Crippen LogP contribution in [-0.2, 0) is 19.1 Å². The maximum absolute atomic E-state index is 11.6. The van der Waals surface area contributed by atoms with Crippen LogP contribution in [0.15, 0.2) is 0 Å². The Morgan fingerprint density at radius 1 is 0.889 bits per heavy atom. The van der Waals surface area contributed by atoms with Crippen LogP contribution in [0.3, 0.4) is 0 Å². The molecule has 2 atom stereocenters. The average molecular weight is 256 g/mol. The molecule has 102 valence electrons. The van der Waals surface area contributed by atoms with Gasteiger partial charge in [0.15, 0.2) is 0 Å². The Bertz CT molecular complexity index is 266. The Hall–Kier alpha value is -1.14. The zero-order valence-corrected chi connectivity index (χ0v) is 10.4. The Morgan fingerprint density at radius 2 is 1.33 bits per heavy atom. The number of hydrogen-bond acceptors (Lipinski definition) is 4. The highest BCUT2D eigenvalue weighted by Crippen LogP contribution is 2.12. The first-order valence-corrected chi connectivity index (χ1v) is 6.56. The lowest BCUT2D eigenvalue weighted by atomic mass is 10.2. The van der Waals surface area contributed by atoms with E-state index < -0.39 is 0 Å². The Balaban J connectivity index is 1.55. The van der Waals surface area contributed by atoms with Crippen molar-refractivity contribution in [3.8, 4) is 0 Å². The van der Waals surface area contributed by atoms with E-state index in [0.29, 0.717) is 26.3 Å². The van der Waals surface area contributed by atoms with E-state index >= 15 is 0 Å². The van der Waals surface area contributed by atoms with Crippen LogP contribution in [-0.4, -0.2) is 50.3 Å². The van der Waals surface area contributed by atoms with Crippen molar-refractivity contribution in [2.75, 3.05) is 26.3 Å². The lowest BCUT2D eigenvalue weighted by Gasteiger charge is -2.12. The molecule has 0 radical (unpaired) electrons. The fourth-order valence-corrected chi connectivity index (χ4v) is 2.17. The Morgan fingerprint density at radius 3 is 1.67 bits per heavy atom. The minimum Gasteiger partial charge on any atom is -0.368 e. The second kappa shape index (κ2) is 6.70. The molecule has 0 aliphatic carbocycles.